The van der Waals surface area contributed by atoms with E-state index in [-0.39, 0.29) is 30.7 Å². The molecular formula is C39H40N4O4. The fraction of sp³-hybridized carbons (Fsp3) is 0.282. The van der Waals surface area contributed by atoms with Gasteiger partial charge in [-0.15, -0.1) is 0 Å². The average Bonchev–Trinajstić information content (AvgIpc) is 3.78. The van der Waals surface area contributed by atoms with Crippen LogP contribution < -0.4 is 9.47 Å². The average molecular weight is 629 g/mol. The van der Waals surface area contributed by atoms with Crippen LogP contribution in [0, 0.1) is 0 Å². The molecule has 8 heteroatoms. The third-order valence-corrected chi connectivity index (χ3v) is 8.44. The van der Waals surface area contributed by atoms with E-state index in [0.717, 1.165) is 22.3 Å². The monoisotopic (exact) mass is 628 g/mol. The van der Waals surface area contributed by atoms with Crippen LogP contribution in [-0.2, 0) is 5.41 Å². The molecule has 4 atom stereocenters. The Kier molecular flexibility index (Phi) is 10.00. The predicted octanol–water partition coefficient (Wildman–Crippen LogP) is 6.07. The molecule has 4 unspecified atom stereocenters. The minimum atomic E-state index is -0.666. The summed E-state index contributed by atoms with van der Waals surface area (Å²) in [5, 5.41) is 21.1. The molecule has 0 aromatic heterocycles. The van der Waals surface area contributed by atoms with Crippen LogP contribution in [0.3, 0.4) is 0 Å². The summed E-state index contributed by atoms with van der Waals surface area (Å²) in [5.74, 6) is 2.79. The van der Waals surface area contributed by atoms with Crippen molar-refractivity contribution < 1.29 is 19.7 Å². The van der Waals surface area contributed by atoms with Crippen molar-refractivity contribution in [2.24, 2.45) is 20.0 Å². The van der Waals surface area contributed by atoms with Crippen molar-refractivity contribution in [1.29, 1.82) is 0 Å². The maximum Gasteiger partial charge on any atom is 0.154 e. The molecule has 4 aromatic rings. The highest BCUT2D eigenvalue weighted by Gasteiger charge is 2.24. The molecule has 0 aliphatic carbocycles. The number of benzene rings is 4. The molecule has 8 nitrogen and oxygen atoms in total. The Labute approximate surface area is 275 Å². The van der Waals surface area contributed by atoms with Gasteiger partial charge in [0, 0.05) is 41.8 Å². The number of amidine groups is 2. The van der Waals surface area contributed by atoms with Gasteiger partial charge in [-0.25, -0.2) is 9.98 Å². The molecule has 4 aromatic carbocycles. The fourth-order valence-electron chi connectivity index (χ4n) is 5.64. The van der Waals surface area contributed by atoms with Crippen molar-refractivity contribution in [3.63, 3.8) is 0 Å². The number of ether oxygens (including phenoxy) is 2. The van der Waals surface area contributed by atoms with Crippen LogP contribution in [0.2, 0.25) is 0 Å². The summed E-state index contributed by atoms with van der Waals surface area (Å²) in [4.78, 5) is 18.1. The van der Waals surface area contributed by atoms with E-state index in [1.165, 1.54) is 0 Å². The largest absolute Gasteiger partial charge is 0.491 e. The molecule has 2 aliphatic heterocycles. The van der Waals surface area contributed by atoms with E-state index in [9.17, 15) is 10.2 Å². The molecule has 0 saturated carbocycles. The number of hydrogen-bond donors (Lipinski definition) is 2. The summed E-state index contributed by atoms with van der Waals surface area (Å²) in [6.07, 6.45) is 3.14. The standard InChI is InChI=1S/C39H40N4O4/c1-39(2,29-13-17-35(18-14-29)46-25-33(44)21-31-23-40-37(42-31)27-9-5-3-6-10-27)30-15-19-36(20-16-30)47-26-34(45)22-32-24-41-38(43-32)28-11-7-4-8-12-28/h3-20,23-24,31-34,44-45H,21-22,25-26H2,1-2H3. The lowest BCUT2D eigenvalue weighted by molar-refractivity contribution is 0.0991. The number of aliphatic hydroxyl groups is 2. The van der Waals surface area contributed by atoms with E-state index in [2.05, 4.69) is 58.1 Å². The highest BCUT2D eigenvalue weighted by molar-refractivity contribution is 6.07. The maximum atomic E-state index is 10.6. The second-order valence-electron chi connectivity index (χ2n) is 12.4. The molecule has 2 aliphatic rings. The van der Waals surface area contributed by atoms with E-state index >= 15 is 0 Å². The van der Waals surface area contributed by atoms with Gasteiger partial charge in [0.15, 0.2) is 11.7 Å². The van der Waals surface area contributed by atoms with Gasteiger partial charge in [0.2, 0.25) is 0 Å². The zero-order chi connectivity index (χ0) is 32.6. The van der Waals surface area contributed by atoms with Crippen molar-refractivity contribution >= 4 is 24.1 Å². The van der Waals surface area contributed by atoms with Crippen LogP contribution in [0.4, 0.5) is 0 Å². The van der Waals surface area contributed by atoms with Crippen LogP contribution in [0.5, 0.6) is 11.5 Å². The normalized spacial score (nSPS) is 18.5. The Morgan fingerprint density at radius 2 is 0.957 bits per heavy atom. The second kappa shape index (κ2) is 14.7. The van der Waals surface area contributed by atoms with E-state index in [0.29, 0.717) is 36.0 Å². The van der Waals surface area contributed by atoms with Gasteiger partial charge < -0.3 is 19.7 Å². The topological polar surface area (TPSA) is 108 Å². The molecule has 2 heterocycles. The first-order valence-corrected chi connectivity index (χ1v) is 16.0. The van der Waals surface area contributed by atoms with Crippen molar-refractivity contribution in [2.75, 3.05) is 13.2 Å². The number of aliphatic hydroxyl groups excluding tert-OH is 2. The Hall–Kier alpha value is -4.92. The van der Waals surface area contributed by atoms with Gasteiger partial charge in [0.05, 0.1) is 24.3 Å². The summed E-state index contributed by atoms with van der Waals surface area (Å²) in [6, 6.07) is 35.3. The fourth-order valence-corrected chi connectivity index (χ4v) is 5.64. The predicted molar refractivity (Wildman–Crippen MR) is 188 cm³/mol. The lowest BCUT2D eigenvalue weighted by Crippen LogP contribution is -2.23. The van der Waals surface area contributed by atoms with Crippen molar-refractivity contribution in [3.05, 3.63) is 131 Å². The van der Waals surface area contributed by atoms with Gasteiger partial charge in [0.25, 0.3) is 0 Å². The molecule has 0 saturated heterocycles. The van der Waals surface area contributed by atoms with Gasteiger partial charge in [-0.3, -0.25) is 9.98 Å². The Morgan fingerprint density at radius 1 is 0.574 bits per heavy atom. The van der Waals surface area contributed by atoms with Crippen molar-refractivity contribution in [1.82, 2.24) is 0 Å². The summed E-state index contributed by atoms with van der Waals surface area (Å²) in [5.41, 5.74) is 3.95. The molecule has 0 fully saturated rings. The Bertz CT molecular complexity index is 1600. The number of hydrogen-bond acceptors (Lipinski definition) is 8. The third kappa shape index (κ3) is 8.27. The first-order valence-electron chi connectivity index (χ1n) is 16.0. The molecule has 240 valence electrons. The number of nitrogens with zero attached hydrogens (tertiary/aromatic N) is 4. The molecular weight excluding hydrogens is 588 g/mol. The van der Waals surface area contributed by atoms with Gasteiger partial charge >= 0.3 is 0 Å². The van der Waals surface area contributed by atoms with Crippen molar-refractivity contribution in [3.8, 4) is 11.5 Å². The third-order valence-electron chi connectivity index (χ3n) is 8.44. The van der Waals surface area contributed by atoms with Gasteiger partial charge in [-0.2, -0.15) is 0 Å². The number of aliphatic imine (C=N–C) groups is 4. The van der Waals surface area contributed by atoms with Crippen molar-refractivity contribution in [2.45, 2.75) is 56.4 Å². The quantitative estimate of drug-likeness (QED) is 0.177. The molecule has 0 bridgehead atoms. The van der Waals surface area contributed by atoms with E-state index < -0.39 is 12.2 Å². The molecule has 0 radical (unpaired) electrons. The van der Waals surface area contributed by atoms with Crippen LogP contribution in [0.25, 0.3) is 0 Å². The highest BCUT2D eigenvalue weighted by Crippen LogP contribution is 2.33. The minimum Gasteiger partial charge on any atom is -0.491 e. The maximum absolute atomic E-state index is 10.6. The first-order chi connectivity index (χ1) is 22.8. The molecule has 47 heavy (non-hydrogen) atoms. The van der Waals surface area contributed by atoms with Gasteiger partial charge in [-0.1, -0.05) is 98.8 Å². The van der Waals surface area contributed by atoms with E-state index in [1.54, 1.807) is 12.4 Å². The first kappa shape index (κ1) is 32.0. The van der Waals surface area contributed by atoms with Crippen LogP contribution in [-0.4, -0.2) is 71.8 Å². The zero-order valence-corrected chi connectivity index (χ0v) is 26.7. The highest BCUT2D eigenvalue weighted by atomic mass is 16.5. The molecule has 0 spiro atoms. The van der Waals surface area contributed by atoms with E-state index in [1.807, 2.05) is 84.9 Å². The van der Waals surface area contributed by atoms with Crippen LogP contribution in [0.15, 0.2) is 129 Å². The summed E-state index contributed by atoms with van der Waals surface area (Å²) >= 11 is 0. The molecule has 2 N–H and O–H groups in total. The lowest BCUT2D eigenvalue weighted by Gasteiger charge is -2.26. The zero-order valence-electron chi connectivity index (χ0n) is 26.7. The lowest BCUT2D eigenvalue weighted by atomic mass is 9.78. The smallest absolute Gasteiger partial charge is 0.154 e. The summed E-state index contributed by atoms with van der Waals surface area (Å²) in [6.45, 7) is 4.70. The number of rotatable bonds is 14. The second-order valence-corrected chi connectivity index (χ2v) is 12.4. The summed E-state index contributed by atoms with van der Waals surface area (Å²) in [7, 11) is 0. The van der Waals surface area contributed by atoms with Crippen LogP contribution >= 0.6 is 0 Å². The molecule has 6 rings (SSSR count). The van der Waals surface area contributed by atoms with Crippen LogP contribution in [0.1, 0.15) is 48.9 Å². The summed E-state index contributed by atoms with van der Waals surface area (Å²) < 4.78 is 11.8. The van der Waals surface area contributed by atoms with Gasteiger partial charge in [0.1, 0.15) is 24.7 Å². The molecule has 0 amide bonds. The van der Waals surface area contributed by atoms with Gasteiger partial charge in [-0.05, 0) is 35.4 Å². The minimum absolute atomic E-state index is 0.163. The Balaban J connectivity index is 0.954. The Morgan fingerprint density at radius 3 is 1.34 bits per heavy atom. The van der Waals surface area contributed by atoms with E-state index in [4.69, 9.17) is 9.47 Å². The SMILES string of the molecule is CC(C)(c1ccc(OCC(O)CC2C=NC(c3ccccc3)=N2)cc1)c1ccc(OCC(O)CC2C=NC(c3ccccc3)=N2)cc1.